The van der Waals surface area contributed by atoms with Crippen LogP contribution >= 0.6 is 0 Å². The first-order valence-electron chi connectivity index (χ1n) is 8.59. The first kappa shape index (κ1) is 20.4. The van der Waals surface area contributed by atoms with Crippen LogP contribution in [0.4, 0.5) is 0 Å². The zero-order chi connectivity index (χ0) is 16.3. The molecule has 0 heterocycles. The fraction of sp³-hybridized carbons (Fsp3) is 0.550. The van der Waals surface area contributed by atoms with E-state index in [-0.39, 0.29) is 0 Å². The van der Waals surface area contributed by atoms with Gasteiger partial charge in [-0.2, -0.15) is 0 Å². The zero-order valence-electron chi connectivity index (χ0n) is 14.0. The fourth-order valence-electron chi connectivity index (χ4n) is 1.99. The molecule has 0 atom stereocenters. The monoisotopic (exact) mass is 304 g/mol. The van der Waals surface area contributed by atoms with Gasteiger partial charge in [0.15, 0.2) is 0 Å². The number of rotatable bonds is 14. The predicted octanol–water partition coefficient (Wildman–Crippen LogP) is 6.22. The average molecular weight is 304 g/mol. The van der Waals surface area contributed by atoms with E-state index < -0.39 is 5.97 Å². The minimum absolute atomic E-state index is 0.309. The molecule has 1 N–H and O–H groups in total. The van der Waals surface area contributed by atoms with Crippen LogP contribution in [0, 0.1) is 0 Å². The highest BCUT2D eigenvalue weighted by atomic mass is 16.4. The van der Waals surface area contributed by atoms with E-state index in [0.717, 1.165) is 57.8 Å². The Kier molecular flexibility index (Phi) is 16.2. The number of carbonyl (C=O) groups is 1. The molecule has 0 aliphatic rings. The molecule has 0 fully saturated rings. The van der Waals surface area contributed by atoms with Crippen LogP contribution in [0.5, 0.6) is 0 Å². The maximum absolute atomic E-state index is 10.3. The van der Waals surface area contributed by atoms with Crippen molar-refractivity contribution in [2.24, 2.45) is 0 Å². The van der Waals surface area contributed by atoms with Crippen LogP contribution in [0.25, 0.3) is 0 Å². The lowest BCUT2D eigenvalue weighted by Crippen LogP contribution is -1.93. The fourth-order valence-corrected chi connectivity index (χ4v) is 1.99. The predicted molar refractivity (Wildman–Crippen MR) is 96.0 cm³/mol. The maximum atomic E-state index is 10.3. The van der Waals surface area contributed by atoms with Crippen molar-refractivity contribution in [3.05, 3.63) is 48.6 Å². The third-order valence-corrected chi connectivity index (χ3v) is 3.23. The van der Waals surface area contributed by atoms with Crippen LogP contribution in [-0.2, 0) is 4.79 Å². The Morgan fingerprint density at radius 2 is 1.23 bits per heavy atom. The van der Waals surface area contributed by atoms with Gasteiger partial charge in [0.05, 0.1) is 0 Å². The molecular formula is C20H32O2. The van der Waals surface area contributed by atoms with Crippen molar-refractivity contribution in [1.82, 2.24) is 0 Å². The molecule has 0 saturated heterocycles. The second-order valence-electron chi connectivity index (χ2n) is 5.35. The molecule has 0 spiro atoms. The van der Waals surface area contributed by atoms with Crippen LogP contribution in [0.15, 0.2) is 48.6 Å². The van der Waals surface area contributed by atoms with E-state index in [4.69, 9.17) is 5.11 Å². The number of hydrogen-bond donors (Lipinski definition) is 1. The molecule has 0 radical (unpaired) electrons. The molecule has 124 valence electrons. The number of carboxylic acids is 1. The highest BCUT2D eigenvalue weighted by molar-refractivity contribution is 5.66. The quantitative estimate of drug-likeness (QED) is 0.305. The van der Waals surface area contributed by atoms with Crippen molar-refractivity contribution >= 4 is 5.97 Å². The van der Waals surface area contributed by atoms with Gasteiger partial charge in [-0.15, -0.1) is 0 Å². The Morgan fingerprint density at radius 1 is 0.727 bits per heavy atom. The first-order chi connectivity index (χ1) is 10.8. The van der Waals surface area contributed by atoms with E-state index in [0.29, 0.717) is 6.42 Å². The summed E-state index contributed by atoms with van der Waals surface area (Å²) in [7, 11) is 0. The molecule has 22 heavy (non-hydrogen) atoms. The Balaban J connectivity index is 3.34. The van der Waals surface area contributed by atoms with Gasteiger partial charge in [0.2, 0.25) is 0 Å². The summed E-state index contributed by atoms with van der Waals surface area (Å²) in [6.45, 7) is 2.15. The second kappa shape index (κ2) is 17.5. The SMILES string of the molecule is CC/C=C\C/C=C\C/C=C/C/C=C\CCCCCCC(=O)O. The largest absolute Gasteiger partial charge is 0.481 e. The Labute approximate surface area is 136 Å². The van der Waals surface area contributed by atoms with Crippen molar-refractivity contribution in [3.8, 4) is 0 Å². The zero-order valence-corrected chi connectivity index (χ0v) is 14.0. The van der Waals surface area contributed by atoms with Crippen LogP contribution in [-0.4, -0.2) is 11.1 Å². The van der Waals surface area contributed by atoms with Crippen molar-refractivity contribution in [1.29, 1.82) is 0 Å². The Bertz CT molecular complexity index is 362. The maximum Gasteiger partial charge on any atom is 0.303 e. The molecule has 0 aliphatic heterocycles. The van der Waals surface area contributed by atoms with Crippen molar-refractivity contribution in [2.45, 2.75) is 71.1 Å². The summed E-state index contributed by atoms with van der Waals surface area (Å²) in [6.07, 6.45) is 27.4. The summed E-state index contributed by atoms with van der Waals surface area (Å²) in [5, 5.41) is 8.51. The van der Waals surface area contributed by atoms with Gasteiger partial charge in [-0.3, -0.25) is 4.79 Å². The van der Waals surface area contributed by atoms with E-state index in [1.165, 1.54) is 0 Å². The highest BCUT2D eigenvalue weighted by Crippen LogP contribution is 2.06. The summed E-state index contributed by atoms with van der Waals surface area (Å²) < 4.78 is 0. The van der Waals surface area contributed by atoms with E-state index >= 15 is 0 Å². The molecule has 0 aliphatic carbocycles. The minimum Gasteiger partial charge on any atom is -0.481 e. The topological polar surface area (TPSA) is 37.3 Å². The Hall–Kier alpha value is -1.57. The normalized spacial score (nSPS) is 12.4. The standard InChI is InChI=1S/C20H32O2/c1-2-3-4-5-6-7-8-9-10-11-12-13-14-15-16-17-18-19-20(21)22/h3-4,6-7,9-10,12-13H,2,5,8,11,14-19H2,1H3,(H,21,22)/b4-3-,7-6-,10-9+,13-12-. The number of allylic oxidation sites excluding steroid dienone is 8. The molecule has 0 rings (SSSR count). The summed E-state index contributed by atoms with van der Waals surface area (Å²) in [5.74, 6) is -0.682. The van der Waals surface area contributed by atoms with E-state index in [9.17, 15) is 4.79 Å². The molecule has 0 bridgehead atoms. The number of carboxylic acid groups (broad SMARTS) is 1. The van der Waals surface area contributed by atoms with Gasteiger partial charge in [-0.25, -0.2) is 0 Å². The summed E-state index contributed by atoms with van der Waals surface area (Å²) in [5.41, 5.74) is 0. The van der Waals surface area contributed by atoms with E-state index in [1.54, 1.807) is 0 Å². The molecule has 0 aromatic rings. The lowest BCUT2D eigenvalue weighted by Gasteiger charge is -1.96. The van der Waals surface area contributed by atoms with Crippen LogP contribution in [0.3, 0.4) is 0 Å². The van der Waals surface area contributed by atoms with Crippen molar-refractivity contribution < 1.29 is 9.90 Å². The van der Waals surface area contributed by atoms with E-state index in [1.807, 2.05) is 0 Å². The van der Waals surface area contributed by atoms with Gasteiger partial charge in [0.1, 0.15) is 0 Å². The molecule has 2 nitrogen and oxygen atoms in total. The molecule has 0 aromatic carbocycles. The molecule has 0 amide bonds. The van der Waals surface area contributed by atoms with Gasteiger partial charge in [-0.05, 0) is 44.9 Å². The molecule has 0 aromatic heterocycles. The number of aliphatic carboxylic acids is 1. The molecule has 2 heteroatoms. The lowest BCUT2D eigenvalue weighted by molar-refractivity contribution is -0.137. The van der Waals surface area contributed by atoms with E-state index in [2.05, 4.69) is 55.5 Å². The smallest absolute Gasteiger partial charge is 0.303 e. The summed E-state index contributed by atoms with van der Waals surface area (Å²) in [6, 6.07) is 0. The molecular weight excluding hydrogens is 272 g/mol. The lowest BCUT2D eigenvalue weighted by atomic mass is 10.1. The summed E-state index contributed by atoms with van der Waals surface area (Å²) in [4.78, 5) is 10.3. The second-order valence-corrected chi connectivity index (χ2v) is 5.35. The van der Waals surface area contributed by atoms with Gasteiger partial charge >= 0.3 is 5.97 Å². The first-order valence-corrected chi connectivity index (χ1v) is 8.59. The average Bonchev–Trinajstić information content (AvgIpc) is 2.50. The van der Waals surface area contributed by atoms with Crippen molar-refractivity contribution in [2.75, 3.05) is 0 Å². The van der Waals surface area contributed by atoms with Gasteiger partial charge < -0.3 is 5.11 Å². The van der Waals surface area contributed by atoms with Gasteiger partial charge in [0.25, 0.3) is 0 Å². The molecule has 0 saturated carbocycles. The number of unbranched alkanes of at least 4 members (excludes halogenated alkanes) is 4. The van der Waals surface area contributed by atoms with Crippen LogP contribution in [0.2, 0.25) is 0 Å². The molecule has 0 unspecified atom stereocenters. The third-order valence-electron chi connectivity index (χ3n) is 3.23. The summed E-state index contributed by atoms with van der Waals surface area (Å²) >= 11 is 0. The Morgan fingerprint density at radius 3 is 1.77 bits per heavy atom. The van der Waals surface area contributed by atoms with Crippen LogP contribution < -0.4 is 0 Å². The van der Waals surface area contributed by atoms with Crippen molar-refractivity contribution in [3.63, 3.8) is 0 Å². The van der Waals surface area contributed by atoms with Crippen LogP contribution in [0.1, 0.15) is 71.1 Å². The van der Waals surface area contributed by atoms with Gasteiger partial charge in [-0.1, -0.05) is 68.4 Å². The third kappa shape index (κ3) is 18.4. The van der Waals surface area contributed by atoms with Gasteiger partial charge in [0, 0.05) is 6.42 Å². The highest BCUT2D eigenvalue weighted by Gasteiger charge is 1.95. The minimum atomic E-state index is -0.682. The number of hydrogen-bond acceptors (Lipinski definition) is 1.